The fourth-order valence-corrected chi connectivity index (χ4v) is 3.31. The first-order chi connectivity index (χ1) is 12.4. The maximum absolute atomic E-state index is 12.6. The van der Waals surface area contributed by atoms with Crippen molar-refractivity contribution >= 4 is 28.5 Å². The van der Waals surface area contributed by atoms with Crippen molar-refractivity contribution in [2.24, 2.45) is 7.05 Å². The summed E-state index contributed by atoms with van der Waals surface area (Å²) in [7, 11) is 1.53. The Balaban J connectivity index is 2.06. The number of fused-ring (bicyclic) bond motifs is 1. The molecular formula is C18H21N3O5. The van der Waals surface area contributed by atoms with Crippen LogP contribution in [0.25, 0.3) is 10.9 Å². The number of rotatable bonds is 4. The average Bonchev–Trinajstić information content (AvgIpc) is 2.65. The van der Waals surface area contributed by atoms with Gasteiger partial charge in [-0.3, -0.25) is 14.4 Å². The smallest absolute Gasteiger partial charge is 0.322 e. The van der Waals surface area contributed by atoms with Gasteiger partial charge in [-0.15, -0.1) is 0 Å². The molecule has 1 aromatic carbocycles. The molecule has 1 aliphatic rings. The number of nitrogens with one attached hydrogen (secondary N) is 1. The lowest BCUT2D eigenvalue weighted by Gasteiger charge is -2.29. The van der Waals surface area contributed by atoms with Crippen LogP contribution in [0.2, 0.25) is 0 Å². The van der Waals surface area contributed by atoms with E-state index in [0.29, 0.717) is 10.9 Å². The summed E-state index contributed by atoms with van der Waals surface area (Å²) in [6.45, 7) is 1.26. The van der Waals surface area contributed by atoms with E-state index in [-0.39, 0.29) is 0 Å². The van der Waals surface area contributed by atoms with Crippen LogP contribution in [0.15, 0.2) is 23.0 Å². The number of hydrogen-bond acceptors (Lipinski definition) is 5. The van der Waals surface area contributed by atoms with Crippen LogP contribution in [0, 0.1) is 0 Å². The summed E-state index contributed by atoms with van der Waals surface area (Å²) in [6.07, 6.45) is 3.44. The van der Waals surface area contributed by atoms with E-state index < -0.39 is 35.3 Å². The third-order valence-corrected chi connectivity index (χ3v) is 4.70. The number of pyridine rings is 1. The van der Waals surface area contributed by atoms with Crippen LogP contribution in [0.3, 0.4) is 0 Å². The molecule has 1 saturated heterocycles. The molecule has 1 amide bonds. The normalized spacial score (nSPS) is 14.4. The zero-order valence-corrected chi connectivity index (χ0v) is 14.5. The van der Waals surface area contributed by atoms with Crippen molar-refractivity contribution in [3.05, 3.63) is 34.1 Å². The Bertz CT molecular complexity index is 929. The summed E-state index contributed by atoms with van der Waals surface area (Å²) >= 11 is 0. The van der Waals surface area contributed by atoms with Crippen molar-refractivity contribution in [2.45, 2.75) is 19.3 Å². The lowest BCUT2D eigenvalue weighted by Crippen LogP contribution is -2.35. The number of aromatic hydroxyl groups is 1. The molecule has 0 atom stereocenters. The molecule has 0 aliphatic carbocycles. The molecule has 0 spiro atoms. The Morgan fingerprint density at radius 3 is 2.54 bits per heavy atom. The van der Waals surface area contributed by atoms with E-state index in [0.717, 1.165) is 31.6 Å². The number of anilines is 1. The molecule has 138 valence electrons. The highest BCUT2D eigenvalue weighted by Crippen LogP contribution is 2.30. The first-order valence-corrected chi connectivity index (χ1v) is 8.51. The predicted octanol–water partition coefficient (Wildman–Crippen LogP) is 1.05. The van der Waals surface area contributed by atoms with Crippen molar-refractivity contribution in [1.29, 1.82) is 0 Å². The number of aromatic nitrogens is 1. The fourth-order valence-electron chi connectivity index (χ4n) is 3.31. The van der Waals surface area contributed by atoms with Gasteiger partial charge in [0.15, 0.2) is 0 Å². The molecular weight excluding hydrogens is 338 g/mol. The number of nitrogens with zero attached hydrogens (tertiary/aromatic N) is 2. The highest BCUT2D eigenvalue weighted by atomic mass is 16.4. The van der Waals surface area contributed by atoms with Crippen molar-refractivity contribution in [2.75, 3.05) is 24.5 Å². The second-order valence-electron chi connectivity index (χ2n) is 6.41. The number of carbonyl (C=O) groups excluding carboxylic acids is 1. The predicted molar refractivity (Wildman–Crippen MR) is 96.9 cm³/mol. The topological polar surface area (TPSA) is 112 Å². The molecule has 1 fully saturated rings. The standard InChI is InChI=1S/C18H21N3O5/c1-20-13-9-11(21-7-3-2-4-8-21)5-6-12(13)16(24)15(18(20)26)17(25)19-10-14(22)23/h5-6,9,24H,2-4,7-8,10H2,1H3,(H,19,25)(H,22,23). The van der Waals surface area contributed by atoms with Gasteiger partial charge in [0, 0.05) is 31.2 Å². The van der Waals surface area contributed by atoms with E-state index in [1.807, 2.05) is 12.1 Å². The Labute approximate surface area is 149 Å². The zero-order chi connectivity index (χ0) is 18.8. The highest BCUT2D eigenvalue weighted by Gasteiger charge is 2.22. The zero-order valence-electron chi connectivity index (χ0n) is 14.5. The molecule has 1 aliphatic heterocycles. The summed E-state index contributed by atoms with van der Waals surface area (Å²) in [4.78, 5) is 37.5. The number of aliphatic carboxylic acids is 1. The number of hydrogen-bond donors (Lipinski definition) is 3. The second-order valence-corrected chi connectivity index (χ2v) is 6.41. The van der Waals surface area contributed by atoms with Crippen LogP contribution >= 0.6 is 0 Å². The summed E-state index contributed by atoms with van der Waals surface area (Å²) in [5, 5.41) is 21.6. The first kappa shape index (κ1) is 17.8. The molecule has 2 heterocycles. The molecule has 3 N–H and O–H groups in total. The van der Waals surface area contributed by atoms with Gasteiger partial charge in [-0.2, -0.15) is 0 Å². The van der Waals surface area contributed by atoms with Gasteiger partial charge < -0.3 is 25.0 Å². The first-order valence-electron chi connectivity index (χ1n) is 8.51. The van der Waals surface area contributed by atoms with E-state index >= 15 is 0 Å². The lowest BCUT2D eigenvalue weighted by atomic mass is 10.1. The Hall–Kier alpha value is -3.03. The molecule has 0 bridgehead atoms. The van der Waals surface area contributed by atoms with Gasteiger partial charge in [-0.1, -0.05) is 0 Å². The molecule has 0 radical (unpaired) electrons. The number of carboxylic acids is 1. The van der Waals surface area contributed by atoms with Crippen molar-refractivity contribution in [3.63, 3.8) is 0 Å². The Kier molecular flexibility index (Phi) is 4.83. The van der Waals surface area contributed by atoms with Crippen molar-refractivity contribution < 1.29 is 19.8 Å². The van der Waals surface area contributed by atoms with Crippen LogP contribution in [-0.4, -0.2) is 46.3 Å². The van der Waals surface area contributed by atoms with Crippen LogP contribution in [0.4, 0.5) is 5.69 Å². The van der Waals surface area contributed by atoms with E-state index in [9.17, 15) is 19.5 Å². The Morgan fingerprint density at radius 2 is 1.88 bits per heavy atom. The van der Waals surface area contributed by atoms with E-state index in [2.05, 4.69) is 10.2 Å². The van der Waals surface area contributed by atoms with Crippen LogP contribution < -0.4 is 15.8 Å². The minimum atomic E-state index is -1.23. The van der Waals surface area contributed by atoms with Crippen molar-refractivity contribution in [3.8, 4) is 5.75 Å². The Morgan fingerprint density at radius 1 is 1.19 bits per heavy atom. The van der Waals surface area contributed by atoms with Gasteiger partial charge in [-0.25, -0.2) is 0 Å². The number of amides is 1. The summed E-state index contributed by atoms with van der Waals surface area (Å²) < 4.78 is 1.30. The van der Waals surface area contributed by atoms with Crippen LogP contribution in [0.5, 0.6) is 5.75 Å². The van der Waals surface area contributed by atoms with Gasteiger partial charge in [0.1, 0.15) is 17.9 Å². The fraction of sp³-hybridized carbons (Fsp3) is 0.389. The van der Waals surface area contributed by atoms with Gasteiger partial charge >= 0.3 is 5.97 Å². The van der Waals surface area contributed by atoms with Gasteiger partial charge in [0.2, 0.25) is 0 Å². The maximum atomic E-state index is 12.6. The lowest BCUT2D eigenvalue weighted by molar-refractivity contribution is -0.135. The minimum Gasteiger partial charge on any atom is -0.506 e. The molecule has 0 saturated carbocycles. The highest BCUT2D eigenvalue weighted by molar-refractivity contribution is 6.03. The van der Waals surface area contributed by atoms with Gasteiger partial charge in [0.25, 0.3) is 11.5 Å². The second kappa shape index (κ2) is 7.07. The third kappa shape index (κ3) is 3.22. The van der Waals surface area contributed by atoms with Gasteiger partial charge in [-0.05, 0) is 37.5 Å². The van der Waals surface area contributed by atoms with E-state index in [1.165, 1.54) is 18.0 Å². The number of aryl methyl sites for hydroxylation is 1. The SMILES string of the molecule is Cn1c(=O)c(C(=O)NCC(=O)O)c(O)c2ccc(N3CCCCC3)cc21. The summed E-state index contributed by atoms with van der Waals surface area (Å²) in [5.74, 6) is -2.58. The molecule has 2 aromatic rings. The molecule has 8 nitrogen and oxygen atoms in total. The third-order valence-electron chi connectivity index (χ3n) is 4.70. The minimum absolute atomic E-state index is 0.369. The van der Waals surface area contributed by atoms with Crippen LogP contribution in [0.1, 0.15) is 29.6 Å². The maximum Gasteiger partial charge on any atom is 0.322 e. The molecule has 26 heavy (non-hydrogen) atoms. The average molecular weight is 359 g/mol. The van der Waals surface area contributed by atoms with E-state index in [1.54, 1.807) is 6.07 Å². The van der Waals surface area contributed by atoms with E-state index in [4.69, 9.17) is 5.11 Å². The number of carbonyl (C=O) groups is 2. The monoisotopic (exact) mass is 359 g/mol. The molecule has 8 heteroatoms. The quantitative estimate of drug-likeness (QED) is 0.752. The summed E-state index contributed by atoms with van der Waals surface area (Å²) in [6, 6.07) is 5.37. The van der Waals surface area contributed by atoms with Gasteiger partial charge in [0.05, 0.1) is 5.52 Å². The number of benzene rings is 1. The molecule has 0 unspecified atom stereocenters. The number of carboxylic acid groups (broad SMARTS) is 1. The largest absolute Gasteiger partial charge is 0.506 e. The molecule has 1 aromatic heterocycles. The van der Waals surface area contributed by atoms with Crippen molar-refractivity contribution in [1.82, 2.24) is 9.88 Å². The van der Waals surface area contributed by atoms with Crippen LogP contribution in [-0.2, 0) is 11.8 Å². The number of piperidine rings is 1. The molecule has 3 rings (SSSR count). The summed E-state index contributed by atoms with van der Waals surface area (Å²) in [5.41, 5.74) is 0.362.